The van der Waals surface area contributed by atoms with Crippen LogP contribution in [0.4, 0.5) is 13.2 Å². The van der Waals surface area contributed by atoms with Crippen molar-refractivity contribution in [3.05, 3.63) is 71.7 Å². The molecule has 0 aliphatic heterocycles. The topological polar surface area (TPSA) is 15.8 Å². The van der Waals surface area contributed by atoms with Gasteiger partial charge in [0.25, 0.3) is 0 Å². The van der Waals surface area contributed by atoms with Crippen LogP contribution in [0.2, 0.25) is 0 Å². The number of hydrogen-bond donors (Lipinski definition) is 1. The maximum atomic E-state index is 14.5. The first-order valence-corrected chi connectivity index (χ1v) is 5.80. The predicted octanol–water partition coefficient (Wildman–Crippen LogP) is 4.45. The molecule has 4 heteroatoms. The third-order valence-electron chi connectivity index (χ3n) is 3.15. The molecule has 1 heterocycles. The van der Waals surface area contributed by atoms with Crippen molar-refractivity contribution >= 4 is 10.9 Å². The van der Waals surface area contributed by atoms with Crippen LogP contribution >= 0.6 is 0 Å². The van der Waals surface area contributed by atoms with Gasteiger partial charge in [0.15, 0.2) is 0 Å². The lowest BCUT2D eigenvalue weighted by Crippen LogP contribution is -2.17. The molecule has 96 valence electrons. The standard InChI is InChI=1S/C15H10F3N/c16-13-6-2-1-4-12(13)15(17,18)11-5-3-7-14-10(11)8-9-19-14/h1-9,19H. The van der Waals surface area contributed by atoms with Gasteiger partial charge in [-0.05, 0) is 24.3 Å². The summed E-state index contributed by atoms with van der Waals surface area (Å²) in [7, 11) is 0. The first kappa shape index (κ1) is 11.8. The maximum Gasteiger partial charge on any atom is 0.301 e. The molecule has 3 aromatic rings. The highest BCUT2D eigenvalue weighted by atomic mass is 19.3. The molecule has 0 unspecified atom stereocenters. The Balaban J connectivity index is 2.25. The lowest BCUT2D eigenvalue weighted by Gasteiger charge is -2.18. The zero-order valence-electron chi connectivity index (χ0n) is 9.83. The van der Waals surface area contributed by atoms with Crippen molar-refractivity contribution in [1.29, 1.82) is 0 Å². The molecule has 0 radical (unpaired) electrons. The summed E-state index contributed by atoms with van der Waals surface area (Å²) in [6.07, 6.45) is 1.59. The Kier molecular flexibility index (Phi) is 2.59. The number of alkyl halides is 2. The summed E-state index contributed by atoms with van der Waals surface area (Å²) in [5.74, 6) is -4.27. The Labute approximate surface area is 107 Å². The average molecular weight is 261 g/mol. The number of fused-ring (bicyclic) bond motifs is 1. The highest BCUT2D eigenvalue weighted by molar-refractivity contribution is 5.84. The lowest BCUT2D eigenvalue weighted by atomic mass is 9.97. The van der Waals surface area contributed by atoms with Crippen molar-refractivity contribution in [2.75, 3.05) is 0 Å². The molecule has 19 heavy (non-hydrogen) atoms. The Hall–Kier alpha value is -2.23. The first-order chi connectivity index (χ1) is 9.10. The van der Waals surface area contributed by atoms with Gasteiger partial charge in [0.2, 0.25) is 0 Å². The second-order valence-corrected chi connectivity index (χ2v) is 4.30. The van der Waals surface area contributed by atoms with Gasteiger partial charge in [0.05, 0.1) is 5.56 Å². The molecule has 0 bridgehead atoms. The molecular weight excluding hydrogens is 251 g/mol. The van der Waals surface area contributed by atoms with Crippen molar-refractivity contribution in [3.63, 3.8) is 0 Å². The summed E-state index contributed by atoms with van der Waals surface area (Å²) in [6, 6.07) is 11.1. The van der Waals surface area contributed by atoms with E-state index in [0.717, 1.165) is 12.1 Å². The summed E-state index contributed by atoms with van der Waals surface area (Å²) in [6.45, 7) is 0. The van der Waals surface area contributed by atoms with E-state index in [9.17, 15) is 13.2 Å². The fraction of sp³-hybridized carbons (Fsp3) is 0.0667. The second kappa shape index (κ2) is 4.16. The van der Waals surface area contributed by atoms with Crippen LogP contribution in [-0.4, -0.2) is 4.98 Å². The van der Waals surface area contributed by atoms with E-state index < -0.39 is 17.3 Å². The van der Waals surface area contributed by atoms with Gasteiger partial charge in [-0.1, -0.05) is 24.3 Å². The normalized spacial score (nSPS) is 11.9. The molecule has 0 saturated carbocycles. The highest BCUT2D eigenvalue weighted by Gasteiger charge is 2.37. The minimum Gasteiger partial charge on any atom is -0.361 e. The van der Waals surface area contributed by atoms with Crippen LogP contribution in [0.3, 0.4) is 0 Å². The van der Waals surface area contributed by atoms with Gasteiger partial charge in [0.1, 0.15) is 5.82 Å². The monoisotopic (exact) mass is 261 g/mol. The third-order valence-corrected chi connectivity index (χ3v) is 3.15. The number of rotatable bonds is 2. The smallest absolute Gasteiger partial charge is 0.301 e. The van der Waals surface area contributed by atoms with Crippen LogP contribution in [0.25, 0.3) is 10.9 Å². The third kappa shape index (κ3) is 1.80. The lowest BCUT2D eigenvalue weighted by molar-refractivity contribution is 0.0405. The number of hydrogen-bond acceptors (Lipinski definition) is 0. The van der Waals surface area contributed by atoms with E-state index in [4.69, 9.17) is 0 Å². The molecular formula is C15H10F3N. The van der Waals surface area contributed by atoms with Gasteiger partial charge in [-0.3, -0.25) is 0 Å². The summed E-state index contributed by atoms with van der Waals surface area (Å²) in [5, 5.41) is 0.399. The van der Waals surface area contributed by atoms with Crippen LogP contribution in [0, 0.1) is 5.82 Å². The van der Waals surface area contributed by atoms with E-state index in [0.29, 0.717) is 10.9 Å². The zero-order chi connectivity index (χ0) is 13.5. The van der Waals surface area contributed by atoms with Gasteiger partial charge in [-0.25, -0.2) is 4.39 Å². The molecule has 3 rings (SSSR count). The van der Waals surface area contributed by atoms with E-state index in [1.807, 2.05) is 0 Å². The van der Waals surface area contributed by atoms with Crippen LogP contribution < -0.4 is 0 Å². The molecule has 0 spiro atoms. The van der Waals surface area contributed by atoms with Crippen molar-refractivity contribution in [3.8, 4) is 0 Å². The summed E-state index contributed by atoms with van der Waals surface area (Å²) in [5.41, 5.74) is -0.200. The van der Waals surface area contributed by atoms with E-state index in [-0.39, 0.29) is 5.56 Å². The Morgan fingerprint density at radius 3 is 2.37 bits per heavy atom. The van der Waals surface area contributed by atoms with Crippen molar-refractivity contribution in [2.24, 2.45) is 0 Å². The molecule has 0 atom stereocenters. The molecule has 0 aliphatic rings. The van der Waals surface area contributed by atoms with Crippen LogP contribution in [0.1, 0.15) is 11.1 Å². The zero-order valence-corrected chi connectivity index (χ0v) is 9.83. The van der Waals surface area contributed by atoms with Gasteiger partial charge < -0.3 is 4.98 Å². The summed E-state index contributed by atoms with van der Waals surface area (Å²) < 4.78 is 42.6. The molecule has 1 nitrogen and oxygen atoms in total. The van der Waals surface area contributed by atoms with E-state index in [2.05, 4.69) is 4.98 Å². The SMILES string of the molecule is Fc1ccccc1C(F)(F)c1cccc2[nH]ccc12. The van der Waals surface area contributed by atoms with Gasteiger partial charge in [-0.15, -0.1) is 0 Å². The fourth-order valence-corrected chi connectivity index (χ4v) is 2.22. The van der Waals surface area contributed by atoms with Crippen LogP contribution in [0.15, 0.2) is 54.7 Å². The number of nitrogens with one attached hydrogen (secondary N) is 1. The van der Waals surface area contributed by atoms with Crippen molar-refractivity contribution in [2.45, 2.75) is 5.92 Å². The Bertz CT molecular complexity index is 731. The van der Waals surface area contributed by atoms with Crippen LogP contribution in [0.5, 0.6) is 0 Å². The van der Waals surface area contributed by atoms with E-state index in [1.165, 1.54) is 24.3 Å². The molecule has 0 fully saturated rings. The molecule has 0 saturated heterocycles. The van der Waals surface area contributed by atoms with E-state index in [1.54, 1.807) is 18.3 Å². The number of H-pyrrole nitrogens is 1. The Morgan fingerprint density at radius 1 is 0.842 bits per heavy atom. The molecule has 0 amide bonds. The van der Waals surface area contributed by atoms with Crippen molar-refractivity contribution in [1.82, 2.24) is 4.98 Å². The second-order valence-electron chi connectivity index (χ2n) is 4.30. The minimum absolute atomic E-state index is 0.198. The summed E-state index contributed by atoms with van der Waals surface area (Å²) >= 11 is 0. The molecule has 0 aliphatic carbocycles. The fourth-order valence-electron chi connectivity index (χ4n) is 2.22. The van der Waals surface area contributed by atoms with Crippen LogP contribution in [-0.2, 0) is 5.92 Å². The minimum atomic E-state index is -3.37. The number of aromatic nitrogens is 1. The Morgan fingerprint density at radius 2 is 1.58 bits per heavy atom. The quantitative estimate of drug-likeness (QED) is 0.701. The highest BCUT2D eigenvalue weighted by Crippen LogP contribution is 2.40. The van der Waals surface area contributed by atoms with E-state index >= 15 is 0 Å². The largest absolute Gasteiger partial charge is 0.361 e. The number of halogens is 3. The molecule has 1 N–H and O–H groups in total. The number of benzene rings is 2. The van der Waals surface area contributed by atoms with Gasteiger partial charge >= 0.3 is 5.92 Å². The molecule has 2 aromatic carbocycles. The van der Waals surface area contributed by atoms with Gasteiger partial charge in [-0.2, -0.15) is 8.78 Å². The maximum absolute atomic E-state index is 14.5. The van der Waals surface area contributed by atoms with Crippen molar-refractivity contribution < 1.29 is 13.2 Å². The molecule has 1 aromatic heterocycles. The first-order valence-electron chi connectivity index (χ1n) is 5.80. The summed E-state index contributed by atoms with van der Waals surface area (Å²) in [4.78, 5) is 2.87. The van der Waals surface area contributed by atoms with Gasteiger partial charge in [0, 0.05) is 22.7 Å². The number of aromatic amines is 1. The predicted molar refractivity (Wildman–Crippen MR) is 67.7 cm³/mol. The average Bonchev–Trinajstić information content (AvgIpc) is 2.86.